The Balaban J connectivity index is 1.29. The number of anilines is 1. The van der Waals surface area contributed by atoms with E-state index >= 15 is 0 Å². The Bertz CT molecular complexity index is 1830. The topological polar surface area (TPSA) is 156 Å². The molecule has 3 aromatic carbocycles. The van der Waals surface area contributed by atoms with Crippen LogP contribution in [-0.2, 0) is 48.0 Å². The molecule has 1 saturated carbocycles. The molecule has 0 bridgehead atoms. The van der Waals surface area contributed by atoms with Crippen molar-refractivity contribution in [1.29, 1.82) is 0 Å². The summed E-state index contributed by atoms with van der Waals surface area (Å²) in [6.07, 6.45) is 6.09. The van der Waals surface area contributed by atoms with Gasteiger partial charge in [-0.15, -0.1) is 0 Å². The predicted molar refractivity (Wildman–Crippen MR) is 170 cm³/mol. The highest BCUT2D eigenvalue weighted by atomic mass is 32.2. The first-order valence-corrected chi connectivity index (χ1v) is 19.4. The zero-order valence-corrected chi connectivity index (χ0v) is 26.7. The van der Waals surface area contributed by atoms with Crippen molar-refractivity contribution in [2.75, 3.05) is 28.9 Å². The molecule has 1 saturated heterocycles. The minimum absolute atomic E-state index is 0.0889. The number of carbonyl (C=O) groups is 1. The Morgan fingerprint density at radius 3 is 2.43 bits per heavy atom. The van der Waals surface area contributed by atoms with E-state index < -0.39 is 42.8 Å². The Morgan fingerprint density at radius 2 is 1.68 bits per heavy atom. The number of benzene rings is 3. The van der Waals surface area contributed by atoms with Gasteiger partial charge in [0.05, 0.1) is 17.2 Å². The van der Waals surface area contributed by atoms with Crippen LogP contribution >= 0.6 is 0 Å². The van der Waals surface area contributed by atoms with Crippen molar-refractivity contribution in [3.8, 4) is 5.75 Å². The SMILES string of the molecule is O=C1CN(c2ccc(CCCNS(=O)(=O)CC3CCCCC3)cc2OS(=O)(=O)CCc2cccc3ccccc23)S(=O)(=O)N1. The molecule has 238 valence electrons. The fourth-order valence-electron chi connectivity index (χ4n) is 5.82. The van der Waals surface area contributed by atoms with Crippen LogP contribution < -0.4 is 17.9 Å². The van der Waals surface area contributed by atoms with Gasteiger partial charge in [0.15, 0.2) is 5.75 Å². The number of fused-ring (bicyclic) bond motifs is 1. The number of aryl methyl sites for hydroxylation is 2. The molecule has 11 nitrogen and oxygen atoms in total. The van der Waals surface area contributed by atoms with E-state index in [0.717, 1.165) is 52.7 Å². The fraction of sp³-hybridized carbons (Fsp3) is 0.433. The fourth-order valence-corrected chi connectivity index (χ4v) is 9.46. The van der Waals surface area contributed by atoms with Crippen LogP contribution in [0.25, 0.3) is 10.8 Å². The van der Waals surface area contributed by atoms with Crippen LogP contribution in [0.4, 0.5) is 5.69 Å². The highest BCUT2D eigenvalue weighted by molar-refractivity contribution is 7.92. The molecule has 44 heavy (non-hydrogen) atoms. The van der Waals surface area contributed by atoms with Gasteiger partial charge >= 0.3 is 20.3 Å². The van der Waals surface area contributed by atoms with E-state index in [1.165, 1.54) is 12.1 Å². The van der Waals surface area contributed by atoms with Gasteiger partial charge < -0.3 is 4.18 Å². The summed E-state index contributed by atoms with van der Waals surface area (Å²) in [6.45, 7) is -0.313. The van der Waals surface area contributed by atoms with Crippen LogP contribution in [-0.4, -0.2) is 55.8 Å². The highest BCUT2D eigenvalue weighted by Gasteiger charge is 2.36. The van der Waals surface area contributed by atoms with Crippen LogP contribution in [0.1, 0.15) is 49.7 Å². The Morgan fingerprint density at radius 1 is 0.932 bits per heavy atom. The molecule has 5 rings (SSSR count). The van der Waals surface area contributed by atoms with Gasteiger partial charge in [-0.1, -0.05) is 67.8 Å². The van der Waals surface area contributed by atoms with Gasteiger partial charge in [-0.2, -0.15) is 16.8 Å². The first-order valence-electron chi connectivity index (χ1n) is 14.7. The number of rotatable bonds is 13. The van der Waals surface area contributed by atoms with Crippen molar-refractivity contribution in [2.45, 2.75) is 51.4 Å². The minimum atomic E-state index is -4.23. The van der Waals surface area contributed by atoms with Crippen molar-refractivity contribution in [1.82, 2.24) is 9.44 Å². The number of amides is 1. The molecule has 3 aromatic rings. The summed E-state index contributed by atoms with van der Waals surface area (Å²) in [6, 6.07) is 17.7. The molecule has 0 atom stereocenters. The number of hydrogen-bond donors (Lipinski definition) is 2. The van der Waals surface area contributed by atoms with Crippen molar-refractivity contribution in [3.05, 3.63) is 71.8 Å². The summed E-state index contributed by atoms with van der Waals surface area (Å²) < 4.78 is 87.5. The Labute approximate surface area is 259 Å². The summed E-state index contributed by atoms with van der Waals surface area (Å²) in [4.78, 5) is 11.9. The lowest BCUT2D eigenvalue weighted by Crippen LogP contribution is -2.31. The first-order chi connectivity index (χ1) is 20.9. The molecule has 1 amide bonds. The average Bonchev–Trinajstić information content (AvgIpc) is 3.25. The third-order valence-electron chi connectivity index (χ3n) is 7.98. The van der Waals surface area contributed by atoms with E-state index in [1.807, 2.05) is 47.2 Å². The second-order valence-electron chi connectivity index (χ2n) is 11.4. The van der Waals surface area contributed by atoms with E-state index in [0.29, 0.717) is 18.4 Å². The maximum atomic E-state index is 13.2. The third kappa shape index (κ3) is 8.29. The zero-order valence-electron chi connectivity index (χ0n) is 24.3. The smallest absolute Gasteiger partial charge is 0.326 e. The van der Waals surface area contributed by atoms with Crippen LogP contribution in [0.5, 0.6) is 5.75 Å². The largest absolute Gasteiger partial charge is 0.380 e. The molecular weight excluding hydrogens is 627 g/mol. The Hall–Kier alpha value is -3.20. The molecular formula is C30H37N3O8S3. The number of nitrogens with one attached hydrogen (secondary N) is 2. The molecule has 14 heteroatoms. The molecule has 0 unspecified atom stereocenters. The van der Waals surface area contributed by atoms with E-state index in [9.17, 15) is 30.0 Å². The summed E-state index contributed by atoms with van der Waals surface area (Å²) in [5.74, 6) is -1.04. The van der Waals surface area contributed by atoms with Gasteiger partial charge in [0, 0.05) is 6.54 Å². The van der Waals surface area contributed by atoms with Crippen molar-refractivity contribution in [3.63, 3.8) is 0 Å². The molecule has 1 aliphatic heterocycles. The zero-order chi connectivity index (χ0) is 31.4. The van der Waals surface area contributed by atoms with Crippen molar-refractivity contribution >= 4 is 52.7 Å². The molecule has 1 aliphatic carbocycles. The number of sulfonamides is 1. The molecule has 2 fully saturated rings. The summed E-state index contributed by atoms with van der Waals surface area (Å²) in [5, 5.41) is 1.90. The molecule has 2 N–H and O–H groups in total. The lowest BCUT2D eigenvalue weighted by Gasteiger charge is -2.21. The van der Waals surface area contributed by atoms with Crippen LogP contribution in [0, 0.1) is 5.92 Å². The highest BCUT2D eigenvalue weighted by Crippen LogP contribution is 2.34. The first kappa shape index (κ1) is 32.2. The summed E-state index contributed by atoms with van der Waals surface area (Å²) in [7, 11) is -11.8. The lowest BCUT2D eigenvalue weighted by molar-refractivity contribution is -0.117. The third-order valence-corrected chi connectivity index (χ3v) is 12.1. The van der Waals surface area contributed by atoms with E-state index in [-0.39, 0.29) is 41.8 Å². The van der Waals surface area contributed by atoms with Gasteiger partial charge in [-0.25, -0.2) is 22.2 Å². The molecule has 0 aromatic heterocycles. The van der Waals surface area contributed by atoms with Crippen molar-refractivity contribution < 1.29 is 34.2 Å². The van der Waals surface area contributed by atoms with Crippen LogP contribution in [0.15, 0.2) is 60.7 Å². The molecule has 2 aliphatic rings. The lowest BCUT2D eigenvalue weighted by atomic mass is 9.91. The maximum Gasteiger partial charge on any atom is 0.326 e. The van der Waals surface area contributed by atoms with Crippen LogP contribution in [0.3, 0.4) is 0 Å². The minimum Gasteiger partial charge on any atom is -0.380 e. The van der Waals surface area contributed by atoms with E-state index in [2.05, 4.69) is 4.72 Å². The molecule has 0 spiro atoms. The average molecular weight is 664 g/mol. The normalized spacial score (nSPS) is 17.5. The van der Waals surface area contributed by atoms with Gasteiger partial charge in [0.1, 0.15) is 6.54 Å². The summed E-state index contributed by atoms with van der Waals surface area (Å²) >= 11 is 0. The number of nitrogens with zero attached hydrogens (tertiary/aromatic N) is 1. The number of hydrogen-bond acceptors (Lipinski definition) is 8. The summed E-state index contributed by atoms with van der Waals surface area (Å²) in [5.41, 5.74) is 1.36. The van der Waals surface area contributed by atoms with Gasteiger partial charge in [-0.05, 0) is 72.1 Å². The molecule has 0 radical (unpaired) electrons. The van der Waals surface area contributed by atoms with E-state index in [4.69, 9.17) is 4.18 Å². The number of carbonyl (C=O) groups excluding carboxylic acids is 1. The van der Waals surface area contributed by atoms with Crippen molar-refractivity contribution in [2.24, 2.45) is 5.92 Å². The van der Waals surface area contributed by atoms with Gasteiger partial charge in [-0.3, -0.25) is 4.79 Å². The Kier molecular flexibility index (Phi) is 9.83. The predicted octanol–water partition coefficient (Wildman–Crippen LogP) is 3.40. The standard InChI is InChI=1S/C30H37N3O8S3/c34-30-21-33(44(39,40)32-30)28-16-15-23(10-7-18-31-42(35,36)22-24-8-2-1-3-9-24)20-29(28)41-43(37,38)19-17-26-13-6-12-25-11-4-5-14-27(25)26/h4-6,11-16,20,24,31H,1-3,7-10,17-19,21-22H2,(H,32,34). The van der Waals surface area contributed by atoms with E-state index in [1.54, 1.807) is 6.07 Å². The van der Waals surface area contributed by atoms with Gasteiger partial charge in [0.2, 0.25) is 10.0 Å². The maximum absolute atomic E-state index is 13.2. The monoisotopic (exact) mass is 663 g/mol. The molecule has 1 heterocycles. The second kappa shape index (κ2) is 13.4. The van der Waals surface area contributed by atoms with Gasteiger partial charge in [0.25, 0.3) is 5.91 Å². The second-order valence-corrected chi connectivity index (χ2v) is 16.5. The quantitative estimate of drug-likeness (QED) is 0.208. The van der Waals surface area contributed by atoms with Crippen LogP contribution in [0.2, 0.25) is 0 Å².